The van der Waals surface area contributed by atoms with Crippen molar-refractivity contribution in [1.82, 2.24) is 10.5 Å². The van der Waals surface area contributed by atoms with Crippen molar-refractivity contribution in [2.24, 2.45) is 0 Å². The SMILES string of the molecule is COc1ccc(OC)c(-c2cc(C(=O)NC(C)CC(C)(C)c3ccccc3)no2)c1. The Morgan fingerprint density at radius 1 is 1.10 bits per heavy atom. The summed E-state index contributed by atoms with van der Waals surface area (Å²) in [6.45, 7) is 6.34. The van der Waals surface area contributed by atoms with Crippen LogP contribution in [0.2, 0.25) is 0 Å². The molecule has 0 bridgehead atoms. The number of rotatable bonds is 8. The first-order valence-corrected chi connectivity index (χ1v) is 9.89. The van der Waals surface area contributed by atoms with Crippen LogP contribution in [-0.4, -0.2) is 31.3 Å². The highest BCUT2D eigenvalue weighted by molar-refractivity contribution is 5.93. The van der Waals surface area contributed by atoms with Crippen LogP contribution in [0.5, 0.6) is 11.5 Å². The minimum Gasteiger partial charge on any atom is -0.497 e. The number of benzene rings is 2. The number of carbonyl (C=O) groups excluding carboxylic acids is 1. The van der Waals surface area contributed by atoms with Crippen LogP contribution in [0, 0.1) is 0 Å². The summed E-state index contributed by atoms with van der Waals surface area (Å²) >= 11 is 0. The third kappa shape index (κ3) is 4.82. The molecule has 1 aromatic heterocycles. The molecule has 0 saturated carbocycles. The highest BCUT2D eigenvalue weighted by atomic mass is 16.5. The summed E-state index contributed by atoms with van der Waals surface area (Å²) in [6, 6.07) is 17.2. The lowest BCUT2D eigenvalue weighted by Gasteiger charge is -2.29. The first-order chi connectivity index (χ1) is 14.3. The Balaban J connectivity index is 1.71. The van der Waals surface area contributed by atoms with E-state index in [9.17, 15) is 4.79 Å². The van der Waals surface area contributed by atoms with Crippen molar-refractivity contribution < 1.29 is 18.8 Å². The zero-order chi connectivity index (χ0) is 21.7. The van der Waals surface area contributed by atoms with Gasteiger partial charge in [0.25, 0.3) is 5.91 Å². The number of methoxy groups -OCH3 is 2. The zero-order valence-electron chi connectivity index (χ0n) is 18.1. The summed E-state index contributed by atoms with van der Waals surface area (Å²) in [5, 5.41) is 6.97. The van der Waals surface area contributed by atoms with Crippen molar-refractivity contribution in [3.05, 3.63) is 65.9 Å². The second-order valence-corrected chi connectivity index (χ2v) is 7.97. The lowest BCUT2D eigenvalue weighted by atomic mass is 9.79. The molecule has 0 spiro atoms. The maximum absolute atomic E-state index is 12.7. The Hall–Kier alpha value is -3.28. The molecule has 0 fully saturated rings. The molecule has 1 atom stereocenters. The molecule has 3 rings (SSSR count). The molecule has 1 N–H and O–H groups in total. The first-order valence-electron chi connectivity index (χ1n) is 9.89. The number of hydrogen-bond acceptors (Lipinski definition) is 5. The molecule has 1 amide bonds. The van der Waals surface area contributed by atoms with Gasteiger partial charge in [-0.15, -0.1) is 0 Å². The van der Waals surface area contributed by atoms with Gasteiger partial charge >= 0.3 is 0 Å². The van der Waals surface area contributed by atoms with E-state index in [1.807, 2.05) is 25.1 Å². The Kier molecular flexibility index (Phi) is 6.45. The van der Waals surface area contributed by atoms with E-state index in [0.29, 0.717) is 22.8 Å². The molecule has 0 radical (unpaired) electrons. The highest BCUT2D eigenvalue weighted by Gasteiger charge is 2.25. The molecule has 0 aliphatic heterocycles. The van der Waals surface area contributed by atoms with E-state index in [-0.39, 0.29) is 23.1 Å². The summed E-state index contributed by atoms with van der Waals surface area (Å²) in [5.41, 5.74) is 2.05. The fourth-order valence-electron chi connectivity index (χ4n) is 3.64. The summed E-state index contributed by atoms with van der Waals surface area (Å²) < 4.78 is 16.1. The van der Waals surface area contributed by atoms with E-state index >= 15 is 0 Å². The molecule has 0 aliphatic rings. The van der Waals surface area contributed by atoms with Gasteiger partial charge in [0.05, 0.1) is 19.8 Å². The van der Waals surface area contributed by atoms with E-state index in [1.54, 1.807) is 38.5 Å². The molecule has 0 aliphatic carbocycles. The van der Waals surface area contributed by atoms with Crippen molar-refractivity contribution in [2.75, 3.05) is 14.2 Å². The van der Waals surface area contributed by atoms with Gasteiger partial charge in [-0.2, -0.15) is 0 Å². The van der Waals surface area contributed by atoms with Crippen molar-refractivity contribution in [3.63, 3.8) is 0 Å². The molecule has 0 saturated heterocycles. The van der Waals surface area contributed by atoms with Crippen LogP contribution in [0.4, 0.5) is 0 Å². The monoisotopic (exact) mass is 408 g/mol. The molecule has 30 heavy (non-hydrogen) atoms. The predicted octanol–water partition coefficient (Wildman–Crippen LogP) is 4.85. The maximum atomic E-state index is 12.7. The van der Waals surface area contributed by atoms with Crippen LogP contribution in [0.3, 0.4) is 0 Å². The number of aromatic nitrogens is 1. The summed E-state index contributed by atoms with van der Waals surface area (Å²) in [5.74, 6) is 1.43. The van der Waals surface area contributed by atoms with Crippen molar-refractivity contribution in [3.8, 4) is 22.8 Å². The molecule has 1 unspecified atom stereocenters. The van der Waals surface area contributed by atoms with Gasteiger partial charge in [-0.3, -0.25) is 4.79 Å². The number of carbonyl (C=O) groups is 1. The average Bonchev–Trinajstić information content (AvgIpc) is 3.23. The lowest BCUT2D eigenvalue weighted by Crippen LogP contribution is -2.37. The number of amides is 1. The van der Waals surface area contributed by atoms with Crippen LogP contribution < -0.4 is 14.8 Å². The van der Waals surface area contributed by atoms with Crippen LogP contribution >= 0.6 is 0 Å². The predicted molar refractivity (Wildman–Crippen MR) is 116 cm³/mol. The molecule has 2 aromatic carbocycles. The highest BCUT2D eigenvalue weighted by Crippen LogP contribution is 2.34. The second-order valence-electron chi connectivity index (χ2n) is 7.97. The van der Waals surface area contributed by atoms with Gasteiger partial charge in [0.15, 0.2) is 11.5 Å². The van der Waals surface area contributed by atoms with Crippen LogP contribution in [-0.2, 0) is 5.41 Å². The van der Waals surface area contributed by atoms with Crippen molar-refractivity contribution in [1.29, 1.82) is 0 Å². The summed E-state index contributed by atoms with van der Waals surface area (Å²) in [6.07, 6.45) is 0.789. The topological polar surface area (TPSA) is 73.6 Å². The Morgan fingerprint density at radius 2 is 1.83 bits per heavy atom. The van der Waals surface area contributed by atoms with E-state index in [0.717, 1.165) is 6.42 Å². The Labute approximate surface area is 177 Å². The molecule has 1 heterocycles. The fraction of sp³-hybridized carbons (Fsp3) is 0.333. The third-order valence-corrected chi connectivity index (χ3v) is 5.16. The largest absolute Gasteiger partial charge is 0.497 e. The van der Waals surface area contributed by atoms with Gasteiger partial charge in [-0.25, -0.2) is 0 Å². The number of hydrogen-bond donors (Lipinski definition) is 1. The average molecular weight is 408 g/mol. The van der Waals surface area contributed by atoms with Gasteiger partial charge in [-0.1, -0.05) is 49.3 Å². The Bertz CT molecular complexity index is 995. The van der Waals surface area contributed by atoms with Crippen molar-refractivity contribution in [2.45, 2.75) is 38.6 Å². The number of nitrogens with one attached hydrogen (secondary N) is 1. The molecular weight excluding hydrogens is 380 g/mol. The maximum Gasteiger partial charge on any atom is 0.273 e. The van der Waals surface area contributed by atoms with E-state index in [1.165, 1.54) is 5.56 Å². The summed E-state index contributed by atoms with van der Waals surface area (Å²) in [7, 11) is 3.16. The minimum absolute atomic E-state index is 0.0424. The van der Waals surface area contributed by atoms with Crippen LogP contribution in [0.1, 0.15) is 43.2 Å². The van der Waals surface area contributed by atoms with Gasteiger partial charge in [0, 0.05) is 12.1 Å². The quantitative estimate of drug-likeness (QED) is 0.577. The number of ether oxygens (including phenoxy) is 2. The van der Waals surface area contributed by atoms with E-state index in [4.69, 9.17) is 14.0 Å². The van der Waals surface area contributed by atoms with Crippen molar-refractivity contribution >= 4 is 5.91 Å². The minimum atomic E-state index is -0.275. The fourth-order valence-corrected chi connectivity index (χ4v) is 3.64. The lowest BCUT2D eigenvalue weighted by molar-refractivity contribution is 0.0925. The standard InChI is InChI=1S/C24H28N2O4/c1-16(15-24(2,3)17-9-7-6-8-10-17)25-23(27)20-14-22(30-26-20)19-13-18(28-4)11-12-21(19)29-5/h6-14,16H,15H2,1-5H3,(H,25,27). The van der Waals surface area contributed by atoms with Gasteiger partial charge in [-0.05, 0) is 42.5 Å². The molecule has 6 heteroatoms. The zero-order valence-corrected chi connectivity index (χ0v) is 18.1. The summed E-state index contributed by atoms with van der Waals surface area (Å²) in [4.78, 5) is 12.7. The van der Waals surface area contributed by atoms with E-state index < -0.39 is 0 Å². The Morgan fingerprint density at radius 3 is 2.50 bits per heavy atom. The van der Waals surface area contributed by atoms with Gasteiger partial charge < -0.3 is 19.3 Å². The van der Waals surface area contributed by atoms with E-state index in [2.05, 4.69) is 36.5 Å². The smallest absolute Gasteiger partial charge is 0.273 e. The van der Waals surface area contributed by atoms with Crippen LogP contribution in [0.25, 0.3) is 11.3 Å². The third-order valence-electron chi connectivity index (χ3n) is 5.16. The molecular formula is C24H28N2O4. The number of nitrogens with zero attached hydrogens (tertiary/aromatic N) is 1. The first kappa shape index (κ1) is 21.4. The van der Waals surface area contributed by atoms with Crippen LogP contribution in [0.15, 0.2) is 59.1 Å². The van der Waals surface area contributed by atoms with Gasteiger partial charge in [0.2, 0.25) is 0 Å². The molecule has 158 valence electrons. The molecule has 6 nitrogen and oxygen atoms in total. The normalized spacial score (nSPS) is 12.3. The van der Waals surface area contributed by atoms with Gasteiger partial charge in [0.1, 0.15) is 11.5 Å². The molecule has 3 aromatic rings. The second kappa shape index (κ2) is 9.03.